The summed E-state index contributed by atoms with van der Waals surface area (Å²) in [7, 11) is 0. The third kappa shape index (κ3) is 4.45. The van der Waals surface area contributed by atoms with Crippen LogP contribution in [-0.2, 0) is 11.2 Å². The number of fused-ring (bicyclic) bond motifs is 1. The molecule has 1 atom stereocenters. The van der Waals surface area contributed by atoms with Crippen molar-refractivity contribution in [1.82, 2.24) is 0 Å². The van der Waals surface area contributed by atoms with Crippen molar-refractivity contribution in [3.8, 4) is 11.5 Å². The molecule has 0 saturated heterocycles. The van der Waals surface area contributed by atoms with E-state index in [-0.39, 0.29) is 11.4 Å². The van der Waals surface area contributed by atoms with Crippen molar-refractivity contribution in [1.29, 1.82) is 0 Å². The van der Waals surface area contributed by atoms with Crippen molar-refractivity contribution >= 4 is 5.78 Å². The number of ketones is 1. The highest BCUT2D eigenvalue weighted by Gasteiger charge is 2.33. The summed E-state index contributed by atoms with van der Waals surface area (Å²) < 4.78 is 6.45. The van der Waals surface area contributed by atoms with E-state index in [9.17, 15) is 9.90 Å². The molecular formula is C22H32O3. The molecule has 3 nitrogen and oxygen atoms in total. The molecule has 0 fully saturated rings. The van der Waals surface area contributed by atoms with Gasteiger partial charge in [-0.25, -0.2) is 0 Å². The number of phenols is 1. The lowest BCUT2D eigenvalue weighted by molar-refractivity contribution is -0.116. The van der Waals surface area contributed by atoms with Gasteiger partial charge in [0, 0.05) is 12.0 Å². The summed E-state index contributed by atoms with van der Waals surface area (Å²) in [5.41, 5.74) is 5.19. The summed E-state index contributed by atoms with van der Waals surface area (Å²) in [6.07, 6.45) is 7.56. The minimum Gasteiger partial charge on any atom is -0.507 e. The fourth-order valence-corrected chi connectivity index (χ4v) is 3.57. The summed E-state index contributed by atoms with van der Waals surface area (Å²) in [5, 5.41) is 10.3. The highest BCUT2D eigenvalue weighted by Crippen LogP contribution is 2.44. The number of carbonyl (C=O) groups excluding carboxylic acids is 1. The van der Waals surface area contributed by atoms with Crippen LogP contribution in [0.2, 0.25) is 0 Å². The third-order valence-electron chi connectivity index (χ3n) is 5.63. The quantitative estimate of drug-likeness (QED) is 0.693. The van der Waals surface area contributed by atoms with E-state index in [1.54, 1.807) is 6.92 Å². The highest BCUT2D eigenvalue weighted by molar-refractivity contribution is 5.75. The monoisotopic (exact) mass is 344 g/mol. The second-order valence-electron chi connectivity index (χ2n) is 7.87. The van der Waals surface area contributed by atoms with E-state index in [1.165, 1.54) is 5.57 Å². The Bertz CT molecular complexity index is 700. The van der Waals surface area contributed by atoms with Gasteiger partial charge in [-0.2, -0.15) is 0 Å². The summed E-state index contributed by atoms with van der Waals surface area (Å²) in [6.45, 7) is 11.9. The standard InChI is InChI=1S/C22H32O3/c1-14(9-10-15(2)23)8-7-12-22(6)13-11-19-18(5)20(24)16(3)17(4)21(19)25-22/h8,24H,7,9-13H2,1-6H3/b14-8+/t22-/m1/s1. The van der Waals surface area contributed by atoms with Crippen LogP contribution in [0, 0.1) is 20.8 Å². The van der Waals surface area contributed by atoms with Gasteiger partial charge in [-0.15, -0.1) is 0 Å². The number of allylic oxidation sites excluding steroid dienone is 2. The molecule has 3 heteroatoms. The van der Waals surface area contributed by atoms with Crippen LogP contribution in [-0.4, -0.2) is 16.5 Å². The zero-order valence-corrected chi connectivity index (χ0v) is 16.6. The fourth-order valence-electron chi connectivity index (χ4n) is 3.57. The average Bonchev–Trinajstić information content (AvgIpc) is 2.56. The van der Waals surface area contributed by atoms with Gasteiger partial charge in [-0.1, -0.05) is 11.6 Å². The van der Waals surface area contributed by atoms with E-state index < -0.39 is 0 Å². The van der Waals surface area contributed by atoms with Crippen molar-refractivity contribution in [3.05, 3.63) is 33.9 Å². The Balaban J connectivity index is 2.08. The van der Waals surface area contributed by atoms with Crippen LogP contribution in [0.5, 0.6) is 11.5 Å². The minimum atomic E-state index is -0.176. The second kappa shape index (κ2) is 7.63. The van der Waals surface area contributed by atoms with Crippen LogP contribution >= 0.6 is 0 Å². The number of Topliss-reactive ketones (excluding diaryl/α,β-unsaturated/α-hetero) is 1. The van der Waals surface area contributed by atoms with Gasteiger partial charge in [0.25, 0.3) is 0 Å². The van der Waals surface area contributed by atoms with Gasteiger partial charge < -0.3 is 14.6 Å². The van der Waals surface area contributed by atoms with Crippen molar-refractivity contribution in [2.24, 2.45) is 0 Å². The van der Waals surface area contributed by atoms with E-state index >= 15 is 0 Å². The van der Waals surface area contributed by atoms with Gasteiger partial charge in [0.2, 0.25) is 0 Å². The van der Waals surface area contributed by atoms with Gasteiger partial charge in [-0.05, 0) is 90.3 Å². The third-order valence-corrected chi connectivity index (χ3v) is 5.63. The lowest BCUT2D eigenvalue weighted by Crippen LogP contribution is -2.37. The molecule has 0 spiro atoms. The fraction of sp³-hybridized carbons (Fsp3) is 0.591. The molecule has 1 N–H and O–H groups in total. The Labute approximate surface area is 152 Å². The lowest BCUT2D eigenvalue weighted by atomic mass is 9.85. The van der Waals surface area contributed by atoms with E-state index in [0.717, 1.165) is 60.1 Å². The second-order valence-corrected chi connectivity index (χ2v) is 7.87. The van der Waals surface area contributed by atoms with Crippen LogP contribution in [0.3, 0.4) is 0 Å². The van der Waals surface area contributed by atoms with E-state index in [4.69, 9.17) is 4.74 Å². The molecule has 1 aromatic rings. The highest BCUT2D eigenvalue weighted by atomic mass is 16.5. The maximum absolute atomic E-state index is 11.1. The molecule has 0 saturated carbocycles. The van der Waals surface area contributed by atoms with E-state index in [2.05, 4.69) is 19.9 Å². The molecule has 1 aromatic carbocycles. The average molecular weight is 344 g/mol. The first kappa shape index (κ1) is 19.6. The Kier molecular flexibility index (Phi) is 5.97. The van der Waals surface area contributed by atoms with Crippen LogP contribution in [0.1, 0.15) is 75.1 Å². The maximum Gasteiger partial charge on any atom is 0.130 e. The van der Waals surface area contributed by atoms with Crippen molar-refractivity contribution in [3.63, 3.8) is 0 Å². The topological polar surface area (TPSA) is 46.5 Å². The first-order valence-electron chi connectivity index (χ1n) is 9.30. The molecular weight excluding hydrogens is 312 g/mol. The number of benzene rings is 1. The number of hydrogen-bond donors (Lipinski definition) is 1. The Morgan fingerprint density at radius 1 is 1.16 bits per heavy atom. The number of aromatic hydroxyl groups is 1. The van der Waals surface area contributed by atoms with Crippen LogP contribution in [0.25, 0.3) is 0 Å². The van der Waals surface area contributed by atoms with Crippen LogP contribution in [0.15, 0.2) is 11.6 Å². The normalized spacial score (nSPS) is 20.2. The molecule has 0 radical (unpaired) electrons. The van der Waals surface area contributed by atoms with Crippen LogP contribution < -0.4 is 4.74 Å². The number of hydrogen-bond acceptors (Lipinski definition) is 3. The molecule has 0 aromatic heterocycles. The number of carbonyl (C=O) groups is 1. The lowest BCUT2D eigenvalue weighted by Gasteiger charge is -2.38. The molecule has 25 heavy (non-hydrogen) atoms. The van der Waals surface area contributed by atoms with E-state index in [0.29, 0.717) is 12.2 Å². The Hall–Kier alpha value is -1.77. The molecule has 2 rings (SSSR count). The Morgan fingerprint density at radius 3 is 2.48 bits per heavy atom. The zero-order chi connectivity index (χ0) is 18.8. The molecule has 0 bridgehead atoms. The first-order valence-corrected chi connectivity index (χ1v) is 9.30. The number of rotatable bonds is 6. The zero-order valence-electron chi connectivity index (χ0n) is 16.6. The molecule has 1 heterocycles. The number of phenolic OH excluding ortho intramolecular Hbond substituents is 1. The first-order chi connectivity index (χ1) is 11.6. The molecule has 0 aliphatic carbocycles. The Morgan fingerprint density at radius 2 is 1.84 bits per heavy atom. The van der Waals surface area contributed by atoms with Gasteiger partial charge in [0.1, 0.15) is 22.9 Å². The molecule has 0 amide bonds. The summed E-state index contributed by atoms with van der Waals surface area (Å²) >= 11 is 0. The minimum absolute atomic E-state index is 0.176. The summed E-state index contributed by atoms with van der Waals surface area (Å²) in [5.74, 6) is 1.63. The van der Waals surface area contributed by atoms with Gasteiger partial charge in [0.15, 0.2) is 0 Å². The van der Waals surface area contributed by atoms with Crippen molar-refractivity contribution < 1.29 is 14.6 Å². The summed E-state index contributed by atoms with van der Waals surface area (Å²) in [4.78, 5) is 11.1. The molecule has 1 aliphatic rings. The van der Waals surface area contributed by atoms with Gasteiger partial charge >= 0.3 is 0 Å². The predicted molar refractivity (Wildman–Crippen MR) is 103 cm³/mol. The van der Waals surface area contributed by atoms with Crippen LogP contribution in [0.4, 0.5) is 0 Å². The molecule has 138 valence electrons. The predicted octanol–water partition coefficient (Wildman–Crippen LogP) is 5.50. The van der Waals surface area contributed by atoms with Gasteiger partial charge in [0.05, 0.1) is 0 Å². The van der Waals surface area contributed by atoms with Gasteiger partial charge in [-0.3, -0.25) is 0 Å². The SMILES string of the molecule is CC(=O)CC/C(C)=C/CC[C@]1(C)CCc2c(C)c(O)c(C)c(C)c2O1. The van der Waals surface area contributed by atoms with Crippen molar-refractivity contribution in [2.75, 3.05) is 0 Å². The van der Waals surface area contributed by atoms with E-state index in [1.807, 2.05) is 20.8 Å². The largest absolute Gasteiger partial charge is 0.507 e. The van der Waals surface area contributed by atoms with Crippen molar-refractivity contribution in [2.45, 2.75) is 85.7 Å². The molecule has 1 aliphatic heterocycles. The maximum atomic E-state index is 11.1. The summed E-state index contributed by atoms with van der Waals surface area (Å²) in [6, 6.07) is 0. The number of ether oxygens (including phenoxy) is 1. The molecule has 0 unspecified atom stereocenters. The smallest absolute Gasteiger partial charge is 0.130 e.